The van der Waals surface area contributed by atoms with Gasteiger partial charge in [-0.2, -0.15) is 0 Å². The van der Waals surface area contributed by atoms with Crippen LogP contribution in [0.2, 0.25) is 0 Å². The third-order valence-corrected chi connectivity index (χ3v) is 6.90. The largest absolute Gasteiger partial charge is 0.507 e. The summed E-state index contributed by atoms with van der Waals surface area (Å²) in [6.45, 7) is 11.7. The predicted molar refractivity (Wildman–Crippen MR) is 150 cm³/mol. The molecule has 1 N–H and O–H groups in total. The van der Waals surface area contributed by atoms with Gasteiger partial charge in [0.2, 0.25) is 0 Å². The lowest BCUT2D eigenvalue weighted by Gasteiger charge is -2.29. The summed E-state index contributed by atoms with van der Waals surface area (Å²) in [6.07, 6.45) is 1.61. The Morgan fingerprint density at radius 2 is 1.62 bits per heavy atom. The van der Waals surface area contributed by atoms with Crippen molar-refractivity contribution >= 4 is 17.4 Å². The number of morpholine rings is 1. The van der Waals surface area contributed by atoms with E-state index in [0.29, 0.717) is 56.6 Å². The second-order valence-electron chi connectivity index (χ2n) is 10.4. The van der Waals surface area contributed by atoms with Crippen molar-refractivity contribution in [2.75, 3.05) is 52.6 Å². The highest BCUT2D eigenvalue weighted by Crippen LogP contribution is 2.40. The maximum absolute atomic E-state index is 13.3. The molecule has 0 spiro atoms. The van der Waals surface area contributed by atoms with Gasteiger partial charge in [-0.25, -0.2) is 0 Å². The molecule has 1 atom stereocenters. The highest BCUT2D eigenvalue weighted by molar-refractivity contribution is 6.46. The Balaban J connectivity index is 1.62. The average Bonchev–Trinajstić information content (AvgIpc) is 3.21. The number of benzene rings is 2. The van der Waals surface area contributed by atoms with Gasteiger partial charge >= 0.3 is 0 Å². The Bertz CT molecular complexity index is 1140. The van der Waals surface area contributed by atoms with Crippen molar-refractivity contribution in [3.8, 4) is 11.5 Å². The number of hydrogen-bond acceptors (Lipinski definition) is 7. The predicted octanol–water partition coefficient (Wildman–Crippen LogP) is 4.65. The number of nitrogens with zero attached hydrogens (tertiary/aromatic N) is 2. The van der Waals surface area contributed by atoms with Crippen molar-refractivity contribution in [3.63, 3.8) is 0 Å². The van der Waals surface area contributed by atoms with E-state index in [1.165, 1.54) is 0 Å². The zero-order chi connectivity index (χ0) is 27.8. The van der Waals surface area contributed by atoms with Crippen molar-refractivity contribution in [2.45, 2.75) is 39.7 Å². The molecule has 2 aromatic carbocycles. The van der Waals surface area contributed by atoms with E-state index in [1.807, 2.05) is 31.2 Å². The normalized spacial score (nSPS) is 19.6. The minimum atomic E-state index is -0.688. The van der Waals surface area contributed by atoms with Crippen LogP contribution in [0.4, 0.5) is 0 Å². The van der Waals surface area contributed by atoms with Crippen LogP contribution in [0, 0.1) is 5.92 Å². The summed E-state index contributed by atoms with van der Waals surface area (Å²) in [5, 5.41) is 11.4. The Morgan fingerprint density at radius 3 is 2.26 bits per heavy atom. The maximum atomic E-state index is 13.3. The van der Waals surface area contributed by atoms with Crippen LogP contribution < -0.4 is 9.47 Å². The molecule has 210 valence electrons. The van der Waals surface area contributed by atoms with E-state index in [1.54, 1.807) is 29.2 Å². The molecule has 0 bridgehead atoms. The summed E-state index contributed by atoms with van der Waals surface area (Å²) in [5.74, 6) is 0.346. The number of likely N-dealkylation sites (tertiary alicyclic amines) is 1. The topological polar surface area (TPSA) is 88.5 Å². The quantitative estimate of drug-likeness (QED) is 0.240. The van der Waals surface area contributed by atoms with Gasteiger partial charge in [-0.1, -0.05) is 32.9 Å². The third-order valence-electron chi connectivity index (χ3n) is 6.90. The van der Waals surface area contributed by atoms with Crippen molar-refractivity contribution in [3.05, 3.63) is 65.2 Å². The number of ketones is 1. The Kier molecular flexibility index (Phi) is 10.0. The summed E-state index contributed by atoms with van der Waals surface area (Å²) in [5.41, 5.74) is 1.32. The van der Waals surface area contributed by atoms with Gasteiger partial charge in [0.05, 0.1) is 38.0 Å². The van der Waals surface area contributed by atoms with E-state index < -0.39 is 17.7 Å². The second-order valence-corrected chi connectivity index (χ2v) is 10.4. The zero-order valence-electron chi connectivity index (χ0n) is 23.2. The molecular formula is C31H40N2O6. The second kappa shape index (κ2) is 13.6. The molecule has 0 radical (unpaired) electrons. The van der Waals surface area contributed by atoms with Crippen LogP contribution in [0.3, 0.4) is 0 Å². The van der Waals surface area contributed by atoms with E-state index in [0.717, 1.165) is 37.4 Å². The van der Waals surface area contributed by atoms with Crippen LogP contribution in [-0.4, -0.2) is 79.2 Å². The summed E-state index contributed by atoms with van der Waals surface area (Å²) >= 11 is 0. The number of ether oxygens (including phenoxy) is 3. The maximum Gasteiger partial charge on any atom is 0.295 e. The average molecular weight is 537 g/mol. The fourth-order valence-corrected chi connectivity index (χ4v) is 4.84. The fraction of sp³-hybridized carbons (Fsp3) is 0.484. The van der Waals surface area contributed by atoms with Gasteiger partial charge in [0.1, 0.15) is 17.3 Å². The fourth-order valence-electron chi connectivity index (χ4n) is 4.84. The van der Waals surface area contributed by atoms with Crippen molar-refractivity contribution < 1.29 is 28.9 Å². The van der Waals surface area contributed by atoms with Crippen molar-refractivity contribution in [1.29, 1.82) is 0 Å². The number of aliphatic hydroxyl groups is 1. The molecule has 39 heavy (non-hydrogen) atoms. The molecule has 2 saturated heterocycles. The lowest BCUT2D eigenvalue weighted by Crippen LogP contribution is -2.38. The highest BCUT2D eigenvalue weighted by Gasteiger charge is 2.45. The number of amides is 1. The number of Topliss-reactive ketones (excluding diaryl/α,β-unsaturated/α-hetero) is 1. The molecule has 0 saturated carbocycles. The van der Waals surface area contributed by atoms with E-state index in [2.05, 4.69) is 18.7 Å². The van der Waals surface area contributed by atoms with Gasteiger partial charge in [-0.05, 0) is 60.7 Å². The number of carbonyl (C=O) groups excluding carboxylic acids is 2. The SMILES string of the molecule is CCCOc1ccc(C2/C(=C(\O)c3ccc(OCC(C)C)cc3)C(=O)C(=O)N2CCCN2CCOCC2)cc1. The van der Waals surface area contributed by atoms with E-state index >= 15 is 0 Å². The number of aliphatic hydroxyl groups excluding tert-OH is 1. The molecule has 1 amide bonds. The van der Waals surface area contributed by atoms with E-state index in [9.17, 15) is 14.7 Å². The highest BCUT2D eigenvalue weighted by atomic mass is 16.5. The molecule has 8 heteroatoms. The van der Waals surface area contributed by atoms with Crippen LogP contribution in [0.1, 0.15) is 50.8 Å². The molecule has 2 aliphatic heterocycles. The first-order chi connectivity index (χ1) is 18.9. The van der Waals surface area contributed by atoms with Crippen LogP contribution in [0.25, 0.3) is 5.76 Å². The zero-order valence-corrected chi connectivity index (χ0v) is 23.2. The lowest BCUT2D eigenvalue weighted by atomic mass is 9.95. The molecule has 1 unspecified atom stereocenters. The minimum Gasteiger partial charge on any atom is -0.507 e. The van der Waals surface area contributed by atoms with E-state index in [-0.39, 0.29) is 11.3 Å². The van der Waals surface area contributed by atoms with Gasteiger partial charge in [-0.3, -0.25) is 14.5 Å². The number of hydrogen-bond donors (Lipinski definition) is 1. The third kappa shape index (κ3) is 7.19. The first-order valence-corrected chi connectivity index (χ1v) is 13.9. The molecule has 0 aliphatic carbocycles. The summed E-state index contributed by atoms with van der Waals surface area (Å²) < 4.78 is 16.9. The summed E-state index contributed by atoms with van der Waals surface area (Å²) in [7, 11) is 0. The number of rotatable bonds is 12. The lowest BCUT2D eigenvalue weighted by molar-refractivity contribution is -0.140. The van der Waals surface area contributed by atoms with Crippen LogP contribution in [-0.2, 0) is 14.3 Å². The molecular weight excluding hydrogens is 496 g/mol. The van der Waals surface area contributed by atoms with Crippen LogP contribution in [0.5, 0.6) is 11.5 Å². The number of carbonyl (C=O) groups is 2. The monoisotopic (exact) mass is 536 g/mol. The van der Waals surface area contributed by atoms with Gasteiger partial charge in [0, 0.05) is 31.7 Å². The standard InChI is InChI=1S/C31H40N2O6/c1-4-18-38-25-10-6-23(7-11-25)28-27(29(34)24-8-12-26(13-9-24)39-21-22(2)3)30(35)31(36)33(28)15-5-14-32-16-19-37-20-17-32/h6-13,22,28,34H,4-5,14-21H2,1-3H3/b29-27+. The van der Waals surface area contributed by atoms with Gasteiger partial charge < -0.3 is 24.2 Å². The van der Waals surface area contributed by atoms with Crippen molar-refractivity contribution in [2.24, 2.45) is 5.92 Å². The molecule has 2 heterocycles. The van der Waals surface area contributed by atoms with Gasteiger partial charge in [0.25, 0.3) is 11.7 Å². The molecule has 4 rings (SSSR count). The molecule has 2 aromatic rings. The van der Waals surface area contributed by atoms with Gasteiger partial charge in [0.15, 0.2) is 0 Å². The Hall–Kier alpha value is -3.36. The Morgan fingerprint density at radius 1 is 0.974 bits per heavy atom. The molecule has 2 fully saturated rings. The van der Waals surface area contributed by atoms with Crippen LogP contribution in [0.15, 0.2) is 54.1 Å². The van der Waals surface area contributed by atoms with E-state index in [4.69, 9.17) is 14.2 Å². The Labute approximate surface area is 231 Å². The summed E-state index contributed by atoms with van der Waals surface area (Å²) in [6, 6.07) is 13.7. The molecule has 2 aliphatic rings. The molecule has 0 aromatic heterocycles. The first-order valence-electron chi connectivity index (χ1n) is 13.9. The molecule has 8 nitrogen and oxygen atoms in total. The smallest absolute Gasteiger partial charge is 0.295 e. The minimum absolute atomic E-state index is 0.101. The van der Waals surface area contributed by atoms with Crippen LogP contribution >= 0.6 is 0 Å². The summed E-state index contributed by atoms with van der Waals surface area (Å²) in [4.78, 5) is 30.5. The van der Waals surface area contributed by atoms with Crippen molar-refractivity contribution in [1.82, 2.24) is 9.80 Å². The van der Waals surface area contributed by atoms with Gasteiger partial charge in [-0.15, -0.1) is 0 Å². The first kappa shape index (κ1) is 28.6.